The van der Waals surface area contributed by atoms with Crippen LogP contribution in [0.5, 0.6) is 5.75 Å². The summed E-state index contributed by atoms with van der Waals surface area (Å²) in [6, 6.07) is 4.75. The fraction of sp³-hybridized carbons (Fsp3) is 0.708. The van der Waals surface area contributed by atoms with Crippen LogP contribution in [0.2, 0.25) is 0 Å². The molecule has 8 nitrogen and oxygen atoms in total. The summed E-state index contributed by atoms with van der Waals surface area (Å²) in [6.07, 6.45) is 5.78. The van der Waals surface area contributed by atoms with Gasteiger partial charge in [-0.05, 0) is 37.0 Å². The number of nitrogens with one attached hydrogen (secondary N) is 2. The molecule has 0 spiro atoms. The molecule has 9 heteroatoms. The Labute approximate surface area is 198 Å². The van der Waals surface area contributed by atoms with Gasteiger partial charge in [0.1, 0.15) is 10.6 Å². The molecule has 1 saturated heterocycles. The number of methoxy groups -OCH3 is 1. The maximum atomic E-state index is 13.0. The van der Waals surface area contributed by atoms with Crippen LogP contribution in [-0.4, -0.2) is 71.3 Å². The van der Waals surface area contributed by atoms with E-state index in [9.17, 15) is 13.2 Å². The molecule has 1 saturated carbocycles. The first kappa shape index (κ1) is 25.9. The minimum absolute atomic E-state index is 0.00859. The fourth-order valence-electron chi connectivity index (χ4n) is 4.99. The van der Waals surface area contributed by atoms with E-state index in [0.29, 0.717) is 31.2 Å². The predicted octanol–water partition coefficient (Wildman–Crippen LogP) is 2.78. The van der Waals surface area contributed by atoms with Crippen molar-refractivity contribution in [1.82, 2.24) is 14.9 Å². The first-order chi connectivity index (χ1) is 15.9. The summed E-state index contributed by atoms with van der Waals surface area (Å²) >= 11 is 0. The van der Waals surface area contributed by atoms with Gasteiger partial charge in [-0.3, -0.25) is 9.69 Å². The number of sulfonamides is 1. The predicted molar refractivity (Wildman–Crippen MR) is 128 cm³/mol. The molecule has 33 heavy (non-hydrogen) atoms. The summed E-state index contributed by atoms with van der Waals surface area (Å²) in [6.45, 7) is 8.00. The highest BCUT2D eigenvalue weighted by atomic mass is 32.2. The van der Waals surface area contributed by atoms with Gasteiger partial charge in [0.25, 0.3) is 5.91 Å². The molecule has 1 aromatic carbocycles. The van der Waals surface area contributed by atoms with Crippen LogP contribution in [0.25, 0.3) is 0 Å². The average molecular weight is 482 g/mol. The highest BCUT2D eigenvalue weighted by Gasteiger charge is 2.29. The van der Waals surface area contributed by atoms with Crippen molar-refractivity contribution < 1.29 is 22.7 Å². The van der Waals surface area contributed by atoms with Crippen LogP contribution < -0.4 is 14.8 Å². The van der Waals surface area contributed by atoms with E-state index in [-0.39, 0.29) is 28.6 Å². The number of nitrogens with zero attached hydrogens (tertiary/aromatic N) is 1. The van der Waals surface area contributed by atoms with Crippen molar-refractivity contribution in [2.75, 3.05) is 40.0 Å². The molecular weight excluding hydrogens is 442 g/mol. The van der Waals surface area contributed by atoms with Crippen LogP contribution in [0.15, 0.2) is 23.1 Å². The molecule has 0 radical (unpaired) electrons. The van der Waals surface area contributed by atoms with Crippen LogP contribution >= 0.6 is 0 Å². The van der Waals surface area contributed by atoms with Gasteiger partial charge in [-0.15, -0.1) is 0 Å². The summed E-state index contributed by atoms with van der Waals surface area (Å²) in [4.78, 5) is 15.5. The lowest BCUT2D eigenvalue weighted by molar-refractivity contribution is 0.00191. The second kappa shape index (κ2) is 12.1. The summed E-state index contributed by atoms with van der Waals surface area (Å²) in [5, 5.41) is 3.06. The van der Waals surface area contributed by atoms with E-state index in [4.69, 9.17) is 9.47 Å². The van der Waals surface area contributed by atoms with Crippen LogP contribution in [0.4, 0.5) is 0 Å². The van der Waals surface area contributed by atoms with Gasteiger partial charge in [0.15, 0.2) is 0 Å². The average Bonchev–Trinajstić information content (AvgIpc) is 3.34. The zero-order valence-electron chi connectivity index (χ0n) is 20.1. The summed E-state index contributed by atoms with van der Waals surface area (Å²) in [7, 11) is -2.35. The molecule has 1 aliphatic heterocycles. The van der Waals surface area contributed by atoms with Crippen molar-refractivity contribution in [1.29, 1.82) is 0 Å². The lowest BCUT2D eigenvalue weighted by Crippen LogP contribution is -2.52. The van der Waals surface area contributed by atoms with Gasteiger partial charge < -0.3 is 14.8 Å². The van der Waals surface area contributed by atoms with Gasteiger partial charge in [-0.25, -0.2) is 13.1 Å². The number of hydrogen-bond donors (Lipinski definition) is 2. The summed E-state index contributed by atoms with van der Waals surface area (Å²) in [5.74, 6) is 0.422. The van der Waals surface area contributed by atoms with Crippen molar-refractivity contribution in [3.8, 4) is 5.75 Å². The summed E-state index contributed by atoms with van der Waals surface area (Å²) < 4.78 is 39.7. The number of carbonyl (C=O) groups is 1. The minimum Gasteiger partial charge on any atom is -0.495 e. The normalized spacial score (nSPS) is 19.0. The number of rotatable bonds is 11. The molecule has 2 aliphatic rings. The zero-order valence-corrected chi connectivity index (χ0v) is 21.0. The number of morpholine rings is 1. The molecule has 3 rings (SSSR count). The van der Waals surface area contributed by atoms with Crippen LogP contribution in [0.1, 0.15) is 62.7 Å². The van der Waals surface area contributed by atoms with Crippen molar-refractivity contribution >= 4 is 15.9 Å². The highest BCUT2D eigenvalue weighted by Crippen LogP contribution is 2.27. The summed E-state index contributed by atoms with van der Waals surface area (Å²) in [5.41, 5.74) is 0.313. The first-order valence-electron chi connectivity index (χ1n) is 12.2. The second-order valence-electron chi connectivity index (χ2n) is 8.97. The number of carbonyl (C=O) groups excluding carboxylic acids is 1. The highest BCUT2D eigenvalue weighted by molar-refractivity contribution is 7.89. The third kappa shape index (κ3) is 6.68. The topological polar surface area (TPSA) is 97.0 Å². The van der Waals surface area contributed by atoms with E-state index >= 15 is 0 Å². The third-order valence-electron chi connectivity index (χ3n) is 6.97. The first-order valence-corrected chi connectivity index (χ1v) is 13.7. The quantitative estimate of drug-likeness (QED) is 0.505. The van der Waals surface area contributed by atoms with Crippen molar-refractivity contribution in [3.63, 3.8) is 0 Å². The van der Waals surface area contributed by atoms with Gasteiger partial charge in [0.05, 0.1) is 20.3 Å². The fourth-order valence-corrected chi connectivity index (χ4v) is 6.49. The lowest BCUT2D eigenvalue weighted by atomic mass is 9.92. The number of amides is 1. The Bertz CT molecular complexity index is 876. The van der Waals surface area contributed by atoms with Gasteiger partial charge in [-0.1, -0.05) is 39.5 Å². The van der Waals surface area contributed by atoms with E-state index in [0.717, 1.165) is 51.6 Å². The van der Waals surface area contributed by atoms with Crippen LogP contribution in [0.3, 0.4) is 0 Å². The van der Waals surface area contributed by atoms with E-state index in [1.54, 1.807) is 12.1 Å². The third-order valence-corrected chi connectivity index (χ3v) is 8.51. The molecule has 1 unspecified atom stereocenters. The number of ether oxygens (including phenoxy) is 2. The Kier molecular flexibility index (Phi) is 9.55. The van der Waals surface area contributed by atoms with Gasteiger partial charge in [0, 0.05) is 37.3 Å². The monoisotopic (exact) mass is 481 g/mol. The Hall–Kier alpha value is -1.68. The Balaban J connectivity index is 1.75. The second-order valence-corrected chi connectivity index (χ2v) is 10.7. The standard InChI is InChI=1S/C24H39N3O5S/c1-4-18(5-2)21(27-12-14-32-15-13-27)17-25-24(28)19-10-11-22(31-3)23(16-19)33(29,30)26-20-8-6-7-9-20/h10-11,16,18,20-21,26H,4-9,12-15,17H2,1-3H3,(H,25,28). The molecule has 0 bridgehead atoms. The SMILES string of the molecule is CCC(CC)C(CNC(=O)c1ccc(OC)c(S(=O)(=O)NC2CCCC2)c1)N1CCOCC1. The molecule has 1 aliphatic carbocycles. The molecule has 0 aromatic heterocycles. The minimum atomic E-state index is -3.79. The van der Waals surface area contributed by atoms with Gasteiger partial charge in [0.2, 0.25) is 10.0 Å². The number of hydrogen-bond acceptors (Lipinski definition) is 6. The van der Waals surface area contributed by atoms with Gasteiger partial charge in [-0.2, -0.15) is 0 Å². The molecule has 1 heterocycles. The largest absolute Gasteiger partial charge is 0.495 e. The molecule has 1 amide bonds. The van der Waals surface area contributed by atoms with Crippen LogP contribution in [0, 0.1) is 5.92 Å². The van der Waals surface area contributed by atoms with Crippen LogP contribution in [-0.2, 0) is 14.8 Å². The van der Waals surface area contributed by atoms with Crippen molar-refractivity contribution in [3.05, 3.63) is 23.8 Å². The molecule has 2 fully saturated rings. The Morgan fingerprint density at radius 3 is 2.45 bits per heavy atom. The van der Waals surface area contributed by atoms with Crippen molar-refractivity contribution in [2.45, 2.75) is 69.4 Å². The molecule has 2 N–H and O–H groups in total. The zero-order chi connectivity index (χ0) is 23.8. The lowest BCUT2D eigenvalue weighted by Gasteiger charge is -2.38. The van der Waals surface area contributed by atoms with E-state index in [2.05, 4.69) is 28.8 Å². The molecular formula is C24H39N3O5S. The van der Waals surface area contributed by atoms with Gasteiger partial charge >= 0.3 is 0 Å². The Morgan fingerprint density at radius 1 is 1.18 bits per heavy atom. The maximum absolute atomic E-state index is 13.0. The number of benzene rings is 1. The molecule has 1 atom stereocenters. The smallest absolute Gasteiger partial charge is 0.251 e. The van der Waals surface area contributed by atoms with E-state index in [1.165, 1.54) is 13.2 Å². The molecule has 1 aromatic rings. The Morgan fingerprint density at radius 2 is 1.85 bits per heavy atom. The van der Waals surface area contributed by atoms with E-state index < -0.39 is 10.0 Å². The maximum Gasteiger partial charge on any atom is 0.251 e. The van der Waals surface area contributed by atoms with Crippen molar-refractivity contribution in [2.24, 2.45) is 5.92 Å². The molecule has 186 valence electrons. The van der Waals surface area contributed by atoms with E-state index in [1.807, 2.05) is 0 Å².